The van der Waals surface area contributed by atoms with Crippen molar-refractivity contribution in [1.82, 2.24) is 0 Å². The lowest BCUT2D eigenvalue weighted by Gasteiger charge is -2.08. The molecule has 15 heavy (non-hydrogen) atoms. The Kier molecular flexibility index (Phi) is 4.29. The van der Waals surface area contributed by atoms with E-state index >= 15 is 0 Å². The van der Waals surface area contributed by atoms with E-state index in [9.17, 15) is 13.6 Å². The average Bonchev–Trinajstić information content (AvgIpc) is 2.22. The zero-order valence-corrected chi connectivity index (χ0v) is 9.00. The molecule has 0 aliphatic heterocycles. The molecule has 0 spiro atoms. The Labute approximate surface area is 95.2 Å². The molecule has 0 atom stereocenters. The van der Waals surface area contributed by atoms with Crippen LogP contribution in [0.1, 0.15) is 5.56 Å². The zero-order chi connectivity index (χ0) is 11.4. The van der Waals surface area contributed by atoms with Gasteiger partial charge in [-0.25, -0.2) is 8.78 Å². The molecule has 82 valence electrons. The summed E-state index contributed by atoms with van der Waals surface area (Å²) in [4.78, 5) is 10.8. The van der Waals surface area contributed by atoms with Gasteiger partial charge in [-0.2, -0.15) is 0 Å². The fourth-order valence-corrected chi connectivity index (χ4v) is 1.62. The number of carbonyl (C=O) groups is 1. The summed E-state index contributed by atoms with van der Waals surface area (Å²) < 4.78 is 24.2. The summed E-state index contributed by atoms with van der Waals surface area (Å²) in [6.45, 7) is -1.88. The van der Waals surface area contributed by atoms with Crippen LogP contribution in [-0.4, -0.2) is 12.6 Å². The zero-order valence-electron chi connectivity index (χ0n) is 7.49. The van der Waals surface area contributed by atoms with Crippen molar-refractivity contribution in [2.24, 2.45) is 0 Å². The number of benzene rings is 1. The topological polar surface area (TPSA) is 29.1 Å². The molecule has 0 aliphatic rings. The first-order chi connectivity index (χ1) is 7.08. The predicted octanol–water partition coefficient (Wildman–Crippen LogP) is 3.37. The summed E-state index contributed by atoms with van der Waals surface area (Å²) in [6.07, 6.45) is 0. The third-order valence-corrected chi connectivity index (χ3v) is 2.24. The third kappa shape index (κ3) is 3.04. The van der Waals surface area contributed by atoms with E-state index in [0.29, 0.717) is 5.56 Å². The molecule has 0 unspecified atom stereocenters. The Morgan fingerprint density at radius 1 is 1.27 bits per heavy atom. The van der Waals surface area contributed by atoms with Gasteiger partial charge < -0.3 is 5.32 Å². The fraction of sp³-hybridized carbons (Fsp3) is 0.222. The molecule has 6 heteroatoms. The highest BCUT2D eigenvalue weighted by Crippen LogP contribution is 2.32. The molecule has 0 heterocycles. The highest BCUT2D eigenvalue weighted by molar-refractivity contribution is 6.39. The molecule has 1 aromatic rings. The van der Waals surface area contributed by atoms with Crippen molar-refractivity contribution in [3.05, 3.63) is 27.7 Å². The Hall–Kier alpha value is -0.870. The van der Waals surface area contributed by atoms with E-state index in [1.54, 1.807) is 0 Å². The Morgan fingerprint density at radius 3 is 2.20 bits per heavy atom. The van der Waals surface area contributed by atoms with Crippen LogP contribution in [0.25, 0.3) is 0 Å². The maximum Gasteiger partial charge on any atom is 0.255 e. The van der Waals surface area contributed by atoms with Gasteiger partial charge >= 0.3 is 0 Å². The number of rotatable bonds is 3. The smallest absolute Gasteiger partial charge is 0.255 e. The normalized spacial score (nSPS) is 10.1. The lowest BCUT2D eigenvalue weighted by molar-refractivity contribution is -0.117. The molecule has 0 saturated heterocycles. The van der Waals surface area contributed by atoms with Gasteiger partial charge in [0.25, 0.3) is 5.91 Å². The first kappa shape index (κ1) is 12.2. The van der Waals surface area contributed by atoms with Crippen LogP contribution in [0.15, 0.2) is 12.1 Å². The summed E-state index contributed by atoms with van der Waals surface area (Å²) in [5.74, 6) is -0.855. The minimum absolute atomic E-state index is 0.0805. The monoisotopic (exact) mass is 253 g/mol. The minimum Gasteiger partial charge on any atom is -0.321 e. The number of alkyl halides is 2. The van der Waals surface area contributed by atoms with Gasteiger partial charge in [-0.05, 0) is 17.7 Å². The molecule has 1 amide bonds. The van der Waals surface area contributed by atoms with E-state index in [4.69, 9.17) is 23.2 Å². The molecule has 0 radical (unpaired) electrons. The highest BCUT2D eigenvalue weighted by Gasteiger charge is 2.11. The van der Waals surface area contributed by atoms with Crippen LogP contribution in [-0.2, 0) is 11.5 Å². The molecular weight excluding hydrogens is 247 g/mol. The van der Waals surface area contributed by atoms with E-state index in [1.165, 1.54) is 12.1 Å². The van der Waals surface area contributed by atoms with Gasteiger partial charge in [0, 0.05) is 0 Å². The van der Waals surface area contributed by atoms with Crippen LogP contribution in [0, 0.1) is 0 Å². The van der Waals surface area contributed by atoms with Gasteiger partial charge in [0.15, 0.2) is 6.67 Å². The summed E-state index contributed by atoms with van der Waals surface area (Å²) in [5.41, 5.74) is 0.390. The molecule has 0 fully saturated rings. The van der Waals surface area contributed by atoms with Gasteiger partial charge in [0.05, 0.1) is 15.7 Å². The van der Waals surface area contributed by atoms with Crippen LogP contribution in [0.4, 0.5) is 14.5 Å². The van der Waals surface area contributed by atoms with E-state index in [2.05, 4.69) is 5.32 Å². The van der Waals surface area contributed by atoms with Crippen molar-refractivity contribution in [2.45, 2.75) is 6.67 Å². The van der Waals surface area contributed by atoms with E-state index in [0.717, 1.165) is 0 Å². The number of hydrogen-bond donors (Lipinski definition) is 1. The Balaban J connectivity index is 3.03. The Morgan fingerprint density at radius 2 is 1.80 bits per heavy atom. The lowest BCUT2D eigenvalue weighted by atomic mass is 10.2. The van der Waals surface area contributed by atoms with Gasteiger partial charge in [-0.1, -0.05) is 23.2 Å². The van der Waals surface area contributed by atoms with Crippen molar-refractivity contribution in [3.8, 4) is 0 Å². The highest BCUT2D eigenvalue weighted by atomic mass is 35.5. The third-order valence-electron chi connectivity index (χ3n) is 1.64. The van der Waals surface area contributed by atoms with Crippen molar-refractivity contribution >= 4 is 34.8 Å². The molecular formula is C9H7Cl2F2NO. The number of nitrogens with one attached hydrogen (secondary N) is 1. The second-order valence-corrected chi connectivity index (χ2v) is 3.56. The largest absolute Gasteiger partial charge is 0.321 e. The molecule has 1 N–H and O–H groups in total. The second kappa shape index (κ2) is 5.28. The standard InChI is InChI=1S/C9H7Cl2F2NO/c10-6-1-5(3-12)2-7(11)9(6)14-8(15)4-13/h1-2H,3-4H2,(H,14,15). The lowest BCUT2D eigenvalue weighted by Crippen LogP contribution is -2.13. The van der Waals surface area contributed by atoms with Crippen molar-refractivity contribution in [3.63, 3.8) is 0 Å². The van der Waals surface area contributed by atoms with Gasteiger partial charge in [0.1, 0.15) is 6.67 Å². The number of anilines is 1. The molecule has 1 rings (SSSR count). The minimum atomic E-state index is -1.17. The first-order valence-corrected chi connectivity index (χ1v) is 4.73. The second-order valence-electron chi connectivity index (χ2n) is 2.75. The molecule has 0 saturated carbocycles. The van der Waals surface area contributed by atoms with E-state index in [-0.39, 0.29) is 15.7 Å². The van der Waals surface area contributed by atoms with Crippen molar-refractivity contribution in [1.29, 1.82) is 0 Å². The number of hydrogen-bond acceptors (Lipinski definition) is 1. The average molecular weight is 254 g/mol. The Bertz CT molecular complexity index is 361. The molecule has 1 aromatic carbocycles. The van der Waals surface area contributed by atoms with Crippen LogP contribution in [0.5, 0.6) is 0 Å². The number of amides is 1. The van der Waals surface area contributed by atoms with Crippen LogP contribution >= 0.6 is 23.2 Å². The van der Waals surface area contributed by atoms with Gasteiger partial charge in [0.2, 0.25) is 0 Å². The molecule has 0 bridgehead atoms. The van der Waals surface area contributed by atoms with Crippen molar-refractivity contribution in [2.75, 3.05) is 12.0 Å². The van der Waals surface area contributed by atoms with Gasteiger partial charge in [-0.3, -0.25) is 4.79 Å². The molecule has 0 aliphatic carbocycles. The van der Waals surface area contributed by atoms with Crippen molar-refractivity contribution < 1.29 is 13.6 Å². The van der Waals surface area contributed by atoms with Crippen LogP contribution < -0.4 is 5.32 Å². The predicted molar refractivity (Wildman–Crippen MR) is 55.9 cm³/mol. The number of carbonyl (C=O) groups excluding carboxylic acids is 1. The van der Waals surface area contributed by atoms with Crippen LogP contribution in [0.2, 0.25) is 10.0 Å². The maximum atomic E-state index is 12.3. The fourth-order valence-electron chi connectivity index (χ4n) is 0.995. The molecule has 2 nitrogen and oxygen atoms in total. The summed E-state index contributed by atoms with van der Waals surface area (Å²) >= 11 is 11.5. The quantitative estimate of drug-likeness (QED) is 0.880. The maximum absolute atomic E-state index is 12.3. The summed E-state index contributed by atoms with van der Waals surface area (Å²) in [7, 11) is 0. The van der Waals surface area contributed by atoms with Crippen LogP contribution in [0.3, 0.4) is 0 Å². The summed E-state index contributed by atoms with van der Waals surface area (Å²) in [5, 5.41) is 2.34. The molecule has 0 aromatic heterocycles. The first-order valence-electron chi connectivity index (χ1n) is 3.98. The number of halogens is 4. The summed E-state index contributed by atoms with van der Waals surface area (Å²) in [6, 6.07) is 2.64. The SMILES string of the molecule is O=C(CF)Nc1c(Cl)cc(CF)cc1Cl. The van der Waals surface area contributed by atoms with E-state index < -0.39 is 19.3 Å². The van der Waals surface area contributed by atoms with E-state index in [1.807, 2.05) is 0 Å². The van der Waals surface area contributed by atoms with Gasteiger partial charge in [-0.15, -0.1) is 0 Å².